The summed E-state index contributed by atoms with van der Waals surface area (Å²) in [4.78, 5) is 27.0. The molecular formula is C20H16N2O3. The fraction of sp³-hybridized carbons (Fsp3) is 0.100. The van der Waals surface area contributed by atoms with Gasteiger partial charge in [0.25, 0.3) is 11.5 Å². The Morgan fingerprint density at radius 3 is 2.60 bits per heavy atom. The molecule has 0 saturated carbocycles. The number of para-hydroxylation sites is 1. The van der Waals surface area contributed by atoms with E-state index in [-0.39, 0.29) is 17.2 Å². The predicted molar refractivity (Wildman–Crippen MR) is 96.8 cm³/mol. The molecule has 124 valence electrons. The summed E-state index contributed by atoms with van der Waals surface area (Å²) in [5.41, 5.74) is 0.830. The molecule has 0 aliphatic heterocycles. The lowest BCUT2D eigenvalue weighted by molar-refractivity contribution is 0.0948. The van der Waals surface area contributed by atoms with E-state index in [1.807, 2.05) is 42.5 Å². The first-order chi connectivity index (χ1) is 12.2. The van der Waals surface area contributed by atoms with Crippen molar-refractivity contribution in [3.05, 3.63) is 82.5 Å². The van der Waals surface area contributed by atoms with Crippen LogP contribution in [0.4, 0.5) is 0 Å². The molecule has 1 amide bonds. The van der Waals surface area contributed by atoms with Crippen LogP contribution in [0.15, 0.2) is 69.9 Å². The van der Waals surface area contributed by atoms with Crippen molar-refractivity contribution < 1.29 is 9.21 Å². The first-order valence-electron chi connectivity index (χ1n) is 8.08. The topological polar surface area (TPSA) is 75.1 Å². The molecule has 0 unspecified atom stereocenters. The molecule has 0 bridgehead atoms. The molecule has 2 N–H and O–H groups in total. The normalized spacial score (nSPS) is 11.0. The molecule has 5 heteroatoms. The van der Waals surface area contributed by atoms with Crippen molar-refractivity contribution in [1.82, 2.24) is 10.3 Å². The molecule has 2 heterocycles. The van der Waals surface area contributed by atoms with Crippen LogP contribution in [0.3, 0.4) is 0 Å². The van der Waals surface area contributed by atoms with E-state index in [2.05, 4.69) is 10.3 Å². The van der Waals surface area contributed by atoms with E-state index in [0.29, 0.717) is 18.4 Å². The third-order valence-corrected chi connectivity index (χ3v) is 4.13. The number of fused-ring (bicyclic) bond motifs is 2. The highest BCUT2D eigenvalue weighted by Gasteiger charge is 2.10. The number of hydrogen-bond donors (Lipinski definition) is 2. The summed E-state index contributed by atoms with van der Waals surface area (Å²) >= 11 is 0. The second-order valence-electron chi connectivity index (χ2n) is 5.86. The number of carbonyl (C=O) groups excluding carboxylic acids is 1. The van der Waals surface area contributed by atoms with E-state index in [0.717, 1.165) is 22.1 Å². The zero-order valence-corrected chi connectivity index (χ0v) is 13.4. The number of aromatic amines is 1. The minimum absolute atomic E-state index is 0.258. The van der Waals surface area contributed by atoms with Gasteiger partial charge < -0.3 is 14.7 Å². The molecule has 2 aromatic carbocycles. The lowest BCUT2D eigenvalue weighted by Gasteiger charge is -2.05. The van der Waals surface area contributed by atoms with Crippen molar-refractivity contribution in [3.8, 4) is 0 Å². The van der Waals surface area contributed by atoms with Gasteiger partial charge in [-0.25, -0.2) is 0 Å². The van der Waals surface area contributed by atoms with Gasteiger partial charge in [0.2, 0.25) is 0 Å². The highest BCUT2D eigenvalue weighted by Crippen LogP contribution is 2.18. The molecule has 0 radical (unpaired) electrons. The number of rotatable bonds is 4. The molecule has 0 atom stereocenters. The Labute approximate surface area is 143 Å². The van der Waals surface area contributed by atoms with Crippen molar-refractivity contribution in [2.24, 2.45) is 0 Å². The number of H-pyrrole nitrogens is 1. The van der Waals surface area contributed by atoms with Crippen LogP contribution < -0.4 is 10.9 Å². The highest BCUT2D eigenvalue weighted by atomic mass is 16.3. The SMILES string of the molecule is O=C(NCCc1cc2ccccc2o1)c1cc2ccccc2c(=O)[nH]1. The molecule has 4 rings (SSSR count). The molecule has 25 heavy (non-hydrogen) atoms. The van der Waals surface area contributed by atoms with Gasteiger partial charge in [-0.15, -0.1) is 0 Å². The number of benzene rings is 2. The van der Waals surface area contributed by atoms with Gasteiger partial charge in [0.15, 0.2) is 0 Å². The average molecular weight is 332 g/mol. The van der Waals surface area contributed by atoms with Gasteiger partial charge in [-0.05, 0) is 29.7 Å². The van der Waals surface area contributed by atoms with E-state index >= 15 is 0 Å². The number of carbonyl (C=O) groups is 1. The van der Waals surface area contributed by atoms with E-state index < -0.39 is 0 Å². The lowest BCUT2D eigenvalue weighted by Crippen LogP contribution is -2.28. The molecular weight excluding hydrogens is 316 g/mol. The summed E-state index contributed by atoms with van der Waals surface area (Å²) in [5, 5.41) is 5.17. The van der Waals surface area contributed by atoms with Crippen LogP contribution in [0.2, 0.25) is 0 Å². The Bertz CT molecular complexity index is 1090. The van der Waals surface area contributed by atoms with Gasteiger partial charge in [0.1, 0.15) is 17.0 Å². The number of aromatic nitrogens is 1. The van der Waals surface area contributed by atoms with E-state index in [1.165, 1.54) is 0 Å². The van der Waals surface area contributed by atoms with Crippen LogP contribution >= 0.6 is 0 Å². The fourth-order valence-corrected chi connectivity index (χ4v) is 2.89. The molecule has 0 aliphatic carbocycles. The van der Waals surface area contributed by atoms with E-state index in [9.17, 15) is 9.59 Å². The third kappa shape index (κ3) is 3.04. The summed E-state index contributed by atoms with van der Waals surface area (Å²) < 4.78 is 5.72. The van der Waals surface area contributed by atoms with E-state index in [4.69, 9.17) is 4.42 Å². The molecule has 0 saturated heterocycles. The van der Waals surface area contributed by atoms with Gasteiger partial charge in [0.05, 0.1) is 0 Å². The first kappa shape index (κ1) is 15.2. The summed E-state index contributed by atoms with van der Waals surface area (Å²) in [6, 6.07) is 18.6. The smallest absolute Gasteiger partial charge is 0.267 e. The molecule has 0 spiro atoms. The fourth-order valence-electron chi connectivity index (χ4n) is 2.89. The maximum Gasteiger partial charge on any atom is 0.267 e. The Morgan fingerprint density at radius 1 is 1.00 bits per heavy atom. The van der Waals surface area contributed by atoms with Crippen molar-refractivity contribution in [1.29, 1.82) is 0 Å². The van der Waals surface area contributed by atoms with Crippen molar-refractivity contribution in [2.75, 3.05) is 6.54 Å². The number of pyridine rings is 1. The Morgan fingerprint density at radius 2 is 1.76 bits per heavy atom. The summed E-state index contributed by atoms with van der Waals surface area (Å²) in [6.07, 6.45) is 0.582. The number of amides is 1. The third-order valence-electron chi connectivity index (χ3n) is 4.13. The van der Waals surface area contributed by atoms with Crippen LogP contribution in [0, 0.1) is 0 Å². The monoisotopic (exact) mass is 332 g/mol. The Kier molecular flexibility index (Phi) is 3.82. The van der Waals surface area contributed by atoms with Gasteiger partial charge in [-0.1, -0.05) is 36.4 Å². The van der Waals surface area contributed by atoms with Crippen LogP contribution in [-0.2, 0) is 6.42 Å². The van der Waals surface area contributed by atoms with Crippen molar-refractivity contribution >= 4 is 27.6 Å². The van der Waals surface area contributed by atoms with Crippen LogP contribution in [0.1, 0.15) is 16.2 Å². The quantitative estimate of drug-likeness (QED) is 0.602. The number of nitrogens with one attached hydrogen (secondary N) is 2. The first-order valence-corrected chi connectivity index (χ1v) is 8.08. The molecule has 0 aliphatic rings. The van der Waals surface area contributed by atoms with Crippen molar-refractivity contribution in [2.45, 2.75) is 6.42 Å². The zero-order chi connectivity index (χ0) is 17.2. The maximum absolute atomic E-state index is 12.3. The summed E-state index contributed by atoms with van der Waals surface area (Å²) in [6.45, 7) is 0.424. The molecule has 0 fully saturated rings. The zero-order valence-electron chi connectivity index (χ0n) is 13.4. The maximum atomic E-state index is 12.3. The molecule has 5 nitrogen and oxygen atoms in total. The predicted octanol–water partition coefficient (Wildman–Crippen LogP) is 3.25. The molecule has 4 aromatic rings. The van der Waals surface area contributed by atoms with E-state index in [1.54, 1.807) is 18.2 Å². The second kappa shape index (κ2) is 6.28. The van der Waals surface area contributed by atoms with Crippen molar-refractivity contribution in [3.63, 3.8) is 0 Å². The van der Waals surface area contributed by atoms with Crippen LogP contribution in [0.5, 0.6) is 0 Å². The second-order valence-corrected chi connectivity index (χ2v) is 5.86. The highest BCUT2D eigenvalue weighted by molar-refractivity contribution is 5.96. The summed E-state index contributed by atoms with van der Waals surface area (Å²) in [7, 11) is 0. The van der Waals surface area contributed by atoms with Gasteiger partial charge >= 0.3 is 0 Å². The summed E-state index contributed by atoms with van der Waals surface area (Å²) in [5.74, 6) is 0.507. The van der Waals surface area contributed by atoms with Gasteiger partial charge in [0, 0.05) is 23.7 Å². The number of hydrogen-bond acceptors (Lipinski definition) is 3. The van der Waals surface area contributed by atoms with Gasteiger partial charge in [-0.3, -0.25) is 9.59 Å². The van der Waals surface area contributed by atoms with Crippen LogP contribution in [0.25, 0.3) is 21.7 Å². The van der Waals surface area contributed by atoms with Crippen LogP contribution in [-0.4, -0.2) is 17.4 Å². The minimum Gasteiger partial charge on any atom is -0.461 e. The molecule has 2 aromatic heterocycles. The largest absolute Gasteiger partial charge is 0.461 e. The minimum atomic E-state index is -0.307. The Balaban J connectivity index is 1.46. The average Bonchev–Trinajstić information content (AvgIpc) is 3.04. The Hall–Kier alpha value is -3.34. The van der Waals surface area contributed by atoms with Gasteiger partial charge in [-0.2, -0.15) is 0 Å². The lowest BCUT2D eigenvalue weighted by atomic mass is 10.1. The standard InChI is InChI=1S/C20H16N2O3/c23-19-16-7-3-1-5-13(16)12-17(22-19)20(24)21-10-9-15-11-14-6-2-4-8-18(14)25-15/h1-8,11-12H,9-10H2,(H,21,24)(H,22,23). The number of furan rings is 1.